The van der Waals surface area contributed by atoms with Crippen molar-refractivity contribution in [3.8, 4) is 0 Å². The lowest BCUT2D eigenvalue weighted by molar-refractivity contribution is -0.151. The van der Waals surface area contributed by atoms with Gasteiger partial charge in [0.25, 0.3) is 0 Å². The molecule has 0 amide bonds. The summed E-state index contributed by atoms with van der Waals surface area (Å²) in [5.41, 5.74) is 3.85. The third kappa shape index (κ3) is 3.18. The summed E-state index contributed by atoms with van der Waals surface area (Å²) in [7, 11) is 0. The number of hydrogen-bond donors (Lipinski definition) is 2. The Labute approximate surface area is 198 Å². The zero-order valence-electron chi connectivity index (χ0n) is 21.8. The lowest BCUT2D eigenvalue weighted by atomic mass is 9.35. The van der Waals surface area contributed by atoms with Crippen LogP contribution in [0, 0.1) is 51.2 Å². The van der Waals surface area contributed by atoms with Crippen LogP contribution < -0.4 is 0 Å². The second kappa shape index (κ2) is 8.26. The first kappa shape index (κ1) is 24.5. The molecule has 9 atom stereocenters. The Morgan fingerprint density at radius 3 is 2.41 bits per heavy atom. The predicted octanol–water partition coefficient (Wildman–Crippen LogP) is 7.16. The van der Waals surface area contributed by atoms with Gasteiger partial charge in [0, 0.05) is 18.6 Å². The van der Waals surface area contributed by atoms with Gasteiger partial charge in [-0.05, 0) is 111 Å². The number of aliphatic hydroxyl groups excluding tert-OH is 2. The second-order valence-electron chi connectivity index (χ2n) is 13.3. The molecule has 0 aromatic heterocycles. The van der Waals surface area contributed by atoms with Crippen molar-refractivity contribution in [2.45, 2.75) is 99.3 Å². The minimum absolute atomic E-state index is 0.107. The topological polar surface area (TPSA) is 40.5 Å². The molecule has 0 aromatic rings. The maximum atomic E-state index is 10.7. The molecule has 0 aliphatic heterocycles. The number of aliphatic hydroxyl groups is 2. The molecule has 0 bridgehead atoms. The van der Waals surface area contributed by atoms with E-state index in [0.29, 0.717) is 30.3 Å². The number of rotatable bonds is 5. The Kier molecular flexibility index (Phi) is 6.33. The van der Waals surface area contributed by atoms with Crippen LogP contribution in [0.25, 0.3) is 0 Å². The molecule has 182 valence electrons. The molecule has 0 radical (unpaired) electrons. The van der Waals surface area contributed by atoms with E-state index >= 15 is 0 Å². The van der Waals surface area contributed by atoms with Crippen LogP contribution in [0.3, 0.4) is 0 Å². The van der Waals surface area contributed by atoms with Crippen molar-refractivity contribution in [1.82, 2.24) is 0 Å². The maximum Gasteiger partial charge on any atom is 0.0493 e. The molecule has 0 saturated heterocycles. The molecule has 2 N–H and O–H groups in total. The summed E-state index contributed by atoms with van der Waals surface area (Å²) in [4.78, 5) is 0. The van der Waals surface area contributed by atoms with Gasteiger partial charge in [-0.2, -0.15) is 0 Å². The molecule has 2 nitrogen and oxygen atoms in total. The van der Waals surface area contributed by atoms with Crippen LogP contribution in [-0.2, 0) is 0 Å². The monoisotopic (exact) mass is 442 g/mol. The maximum absolute atomic E-state index is 10.7. The average molecular weight is 443 g/mol. The fourth-order valence-electron chi connectivity index (χ4n) is 9.89. The van der Waals surface area contributed by atoms with E-state index in [1.165, 1.54) is 44.1 Å². The molecular formula is C30H50O2. The van der Waals surface area contributed by atoms with Crippen molar-refractivity contribution in [3.05, 3.63) is 23.8 Å². The third-order valence-electron chi connectivity index (χ3n) is 12.2. The van der Waals surface area contributed by atoms with Crippen LogP contribution in [-0.4, -0.2) is 23.4 Å². The molecule has 0 heterocycles. The smallest absolute Gasteiger partial charge is 0.0493 e. The zero-order chi connectivity index (χ0) is 23.5. The molecule has 4 aliphatic rings. The number of allylic oxidation sites excluding steroid dienone is 3. The lowest BCUT2D eigenvalue weighted by Crippen LogP contribution is -2.62. The number of fused-ring (bicyclic) bond motifs is 5. The van der Waals surface area contributed by atoms with Crippen molar-refractivity contribution < 1.29 is 10.2 Å². The van der Waals surface area contributed by atoms with Crippen LogP contribution in [0.2, 0.25) is 0 Å². The predicted molar refractivity (Wildman–Crippen MR) is 134 cm³/mol. The summed E-state index contributed by atoms with van der Waals surface area (Å²) >= 11 is 0. The first-order chi connectivity index (χ1) is 15.0. The van der Waals surface area contributed by atoms with Gasteiger partial charge in [-0.1, -0.05) is 58.4 Å². The first-order valence-electron chi connectivity index (χ1n) is 13.6. The number of hydrogen-bond acceptors (Lipinski definition) is 2. The van der Waals surface area contributed by atoms with Crippen molar-refractivity contribution >= 4 is 0 Å². The quantitative estimate of drug-likeness (QED) is 0.443. The fraction of sp³-hybridized carbons (Fsp3) is 0.867. The Balaban J connectivity index is 1.81. The van der Waals surface area contributed by atoms with Gasteiger partial charge in [-0.15, -0.1) is 0 Å². The van der Waals surface area contributed by atoms with E-state index in [1.54, 1.807) is 5.57 Å². The SMILES string of the molecule is C=C(C)[C@@H]1CC[C@]2(C)[C@H](CC=C3[C@@H]4[C@@H](C)[C@H](C)CC[C@]4(CO)CC[C@]32C)[C@@]1(C)CCCO. The van der Waals surface area contributed by atoms with Crippen LogP contribution in [0.1, 0.15) is 99.3 Å². The highest BCUT2D eigenvalue weighted by Gasteiger charge is 2.66. The van der Waals surface area contributed by atoms with Gasteiger partial charge in [0.2, 0.25) is 0 Å². The minimum atomic E-state index is 0.107. The van der Waals surface area contributed by atoms with Crippen molar-refractivity contribution in [2.75, 3.05) is 13.2 Å². The lowest BCUT2D eigenvalue weighted by Gasteiger charge is -2.69. The standard InChI is InChI=1S/C30H50O2/c1-20(2)23-12-14-29(7)25(27(23,5)13-8-18-31)10-9-24-26-22(4)21(3)11-15-30(26,19-32)17-16-28(24,29)6/h9,21-23,25-26,31-32H,1,8,10-19H2,2-7H3/t21-,22+,23+,25-,26+,27+,28-,29-,30-/m1/s1. The van der Waals surface area contributed by atoms with E-state index in [-0.39, 0.29) is 28.3 Å². The van der Waals surface area contributed by atoms with Crippen molar-refractivity contribution in [3.63, 3.8) is 0 Å². The van der Waals surface area contributed by atoms with E-state index in [9.17, 15) is 10.2 Å². The van der Waals surface area contributed by atoms with E-state index in [1.807, 2.05) is 0 Å². The second-order valence-corrected chi connectivity index (χ2v) is 13.3. The van der Waals surface area contributed by atoms with E-state index < -0.39 is 0 Å². The molecule has 3 saturated carbocycles. The highest BCUT2D eigenvalue weighted by molar-refractivity contribution is 5.34. The van der Waals surface area contributed by atoms with Crippen molar-refractivity contribution in [2.24, 2.45) is 51.2 Å². The van der Waals surface area contributed by atoms with Gasteiger partial charge < -0.3 is 10.2 Å². The Bertz CT molecular complexity index is 769. The molecule has 4 rings (SSSR count). The van der Waals surface area contributed by atoms with Gasteiger partial charge in [0.15, 0.2) is 0 Å². The fourth-order valence-corrected chi connectivity index (χ4v) is 9.89. The summed E-state index contributed by atoms with van der Waals surface area (Å²) in [5, 5.41) is 20.4. The molecule has 32 heavy (non-hydrogen) atoms. The van der Waals surface area contributed by atoms with Gasteiger partial charge in [0.05, 0.1) is 0 Å². The summed E-state index contributed by atoms with van der Waals surface area (Å²) in [5.74, 6) is 3.11. The summed E-state index contributed by atoms with van der Waals surface area (Å²) in [6, 6.07) is 0. The van der Waals surface area contributed by atoms with Crippen LogP contribution in [0.5, 0.6) is 0 Å². The van der Waals surface area contributed by atoms with Crippen LogP contribution >= 0.6 is 0 Å². The minimum Gasteiger partial charge on any atom is -0.396 e. The van der Waals surface area contributed by atoms with Gasteiger partial charge >= 0.3 is 0 Å². The normalized spacial score (nSPS) is 50.6. The first-order valence-corrected chi connectivity index (χ1v) is 13.6. The van der Waals surface area contributed by atoms with E-state index in [4.69, 9.17) is 0 Å². The molecule has 0 unspecified atom stereocenters. The summed E-state index contributed by atoms with van der Waals surface area (Å²) in [6.45, 7) is 20.0. The Hall–Kier alpha value is -0.600. The van der Waals surface area contributed by atoms with Crippen LogP contribution in [0.4, 0.5) is 0 Å². The van der Waals surface area contributed by atoms with E-state index in [2.05, 4.69) is 54.2 Å². The van der Waals surface area contributed by atoms with E-state index in [0.717, 1.165) is 25.2 Å². The molecule has 3 fully saturated rings. The average Bonchev–Trinajstić information content (AvgIpc) is 2.75. The van der Waals surface area contributed by atoms with Gasteiger partial charge in [0.1, 0.15) is 0 Å². The molecule has 0 aromatic carbocycles. The summed E-state index contributed by atoms with van der Waals surface area (Å²) < 4.78 is 0. The molecular weight excluding hydrogens is 392 g/mol. The Morgan fingerprint density at radius 1 is 1.06 bits per heavy atom. The van der Waals surface area contributed by atoms with Crippen molar-refractivity contribution in [1.29, 1.82) is 0 Å². The highest BCUT2D eigenvalue weighted by atomic mass is 16.3. The summed E-state index contributed by atoms with van der Waals surface area (Å²) in [6.07, 6.45) is 13.2. The highest BCUT2D eigenvalue weighted by Crippen LogP contribution is 2.74. The van der Waals surface area contributed by atoms with Gasteiger partial charge in [-0.3, -0.25) is 0 Å². The molecule has 4 aliphatic carbocycles. The largest absolute Gasteiger partial charge is 0.396 e. The third-order valence-corrected chi connectivity index (χ3v) is 12.2. The zero-order valence-corrected chi connectivity index (χ0v) is 21.8. The van der Waals surface area contributed by atoms with Gasteiger partial charge in [-0.25, -0.2) is 0 Å². The molecule has 0 spiro atoms. The van der Waals surface area contributed by atoms with Crippen LogP contribution in [0.15, 0.2) is 23.8 Å². The molecule has 2 heteroatoms. The Morgan fingerprint density at radius 2 is 1.78 bits per heavy atom.